The summed E-state index contributed by atoms with van der Waals surface area (Å²) in [5, 5.41) is 16.6. The Morgan fingerprint density at radius 2 is 2.00 bits per heavy atom. The van der Waals surface area contributed by atoms with E-state index in [0.29, 0.717) is 0 Å². The van der Waals surface area contributed by atoms with E-state index in [-0.39, 0.29) is 27.3 Å². The van der Waals surface area contributed by atoms with Crippen LogP contribution in [0, 0.1) is 0 Å². The fraction of sp³-hybridized carbons (Fsp3) is 0.750. The third-order valence-electron chi connectivity index (χ3n) is 0.805. The third kappa shape index (κ3) is 4.79. The molecule has 0 aromatic carbocycles. The summed E-state index contributed by atoms with van der Waals surface area (Å²) in [5.41, 5.74) is 4.91. The monoisotopic (exact) mass is 329 g/mol. The fourth-order valence-corrected chi connectivity index (χ4v) is 0.206. The number of hydrogen-bond donors (Lipinski definition) is 3. The second-order valence-electron chi connectivity index (χ2n) is 1.60. The van der Waals surface area contributed by atoms with Gasteiger partial charge in [0.25, 0.3) is 0 Å². The normalized spacial score (nSPS) is 15.4. The van der Waals surface area contributed by atoms with Crippen molar-refractivity contribution in [3.05, 3.63) is 0 Å². The molecule has 0 saturated carbocycles. The first-order chi connectivity index (χ1) is 3.55. The molecule has 0 spiro atoms. The van der Waals surface area contributed by atoms with Gasteiger partial charge in [-0.2, -0.15) is 0 Å². The van der Waals surface area contributed by atoms with E-state index in [2.05, 4.69) is 0 Å². The van der Waals surface area contributed by atoms with Crippen molar-refractivity contribution in [3.8, 4) is 0 Å². The molecule has 0 heterocycles. The maximum atomic E-state index is 9.86. The molecule has 4 N–H and O–H groups in total. The van der Waals surface area contributed by atoms with E-state index in [1.807, 2.05) is 0 Å². The predicted octanol–water partition coefficient (Wildman–Crippen LogP) is -2.14. The van der Waals surface area contributed by atoms with Crippen LogP contribution in [0.15, 0.2) is 0 Å². The van der Waals surface area contributed by atoms with Crippen molar-refractivity contribution < 1.29 is 15.0 Å². The molecule has 4 nitrogen and oxygen atoms in total. The van der Waals surface area contributed by atoms with Crippen LogP contribution in [0.3, 0.4) is 0 Å². The molecule has 2 radical (unpaired) electrons. The molecule has 0 bridgehead atoms. The number of hydrogen-bond acceptors (Lipinski definition) is 3. The van der Waals surface area contributed by atoms with Crippen LogP contribution < -0.4 is 5.73 Å². The van der Waals surface area contributed by atoms with Crippen LogP contribution in [0.4, 0.5) is 0 Å². The molecule has 0 rings (SSSR count). The van der Waals surface area contributed by atoms with Crippen LogP contribution >= 0.6 is 0 Å². The van der Waals surface area contributed by atoms with Crippen molar-refractivity contribution in [2.45, 2.75) is 19.1 Å². The molecule has 54 valence electrons. The first-order valence-electron chi connectivity index (χ1n) is 2.22. The van der Waals surface area contributed by atoms with E-state index >= 15 is 0 Å². The number of carbonyl (C=O) groups is 1. The molecule has 0 aliphatic heterocycles. The molecule has 0 fully saturated rings. The van der Waals surface area contributed by atoms with Gasteiger partial charge < -0.3 is 15.9 Å². The van der Waals surface area contributed by atoms with E-state index in [0.717, 1.165) is 0 Å². The summed E-state index contributed by atoms with van der Waals surface area (Å²) in [6.07, 6.45) is -0.979. The molecular weight excluding hydrogens is 317 g/mol. The summed E-state index contributed by atoms with van der Waals surface area (Å²) in [6, 6.07) is -1.16. The molecule has 0 aliphatic carbocycles. The summed E-state index contributed by atoms with van der Waals surface area (Å²) in [4.78, 5) is 9.86. The molecule has 9 heavy (non-hydrogen) atoms. The van der Waals surface area contributed by atoms with Gasteiger partial charge in [0.1, 0.15) is 6.04 Å². The Morgan fingerprint density at radius 3 is 2.00 bits per heavy atom. The first kappa shape index (κ1) is 12.0. The molecule has 0 aromatic heterocycles. The number of aliphatic carboxylic acids is 1. The Balaban J connectivity index is 0. The van der Waals surface area contributed by atoms with Crippen LogP contribution in [0.5, 0.6) is 0 Å². The van der Waals surface area contributed by atoms with Crippen molar-refractivity contribution in [1.29, 1.82) is 0 Å². The molecule has 2 atom stereocenters. The van der Waals surface area contributed by atoms with Crippen LogP contribution in [0.2, 0.25) is 0 Å². The molecule has 0 amide bonds. The number of nitrogens with two attached hydrogens (primary N) is 1. The number of aliphatic hydroxyl groups excluding tert-OH is 1. The Hall–Kier alpha value is 0.312. The zero-order valence-electron chi connectivity index (χ0n) is 5.24. The van der Waals surface area contributed by atoms with Gasteiger partial charge in [-0.3, -0.25) is 4.79 Å². The van der Waals surface area contributed by atoms with Gasteiger partial charge in [0, 0.05) is 0 Å². The zero-order chi connectivity index (χ0) is 6.73. The topological polar surface area (TPSA) is 83.5 Å². The van der Waals surface area contributed by atoms with E-state index in [4.69, 9.17) is 15.9 Å². The molecule has 5 heteroatoms. The Bertz CT molecular complexity index is 95.8. The van der Waals surface area contributed by atoms with Crippen LogP contribution in [-0.2, 0) is 4.79 Å². The van der Waals surface area contributed by atoms with Gasteiger partial charge in [0.15, 0.2) is 0 Å². The van der Waals surface area contributed by atoms with Gasteiger partial charge in [-0.25, -0.2) is 0 Å². The number of aliphatic hydroxyl groups is 1. The average Bonchev–Trinajstić information content (AvgIpc) is 1.64. The van der Waals surface area contributed by atoms with Gasteiger partial charge in [0.2, 0.25) is 0 Å². The van der Waals surface area contributed by atoms with Crippen molar-refractivity contribution >= 4 is 33.3 Å². The SMILES string of the molecule is C[C@@H](O)[C@H](N)C(=O)O.[PbH2]. The van der Waals surface area contributed by atoms with Crippen LogP contribution in [0.25, 0.3) is 0 Å². The zero-order valence-corrected chi connectivity index (χ0v) is 10.7. The van der Waals surface area contributed by atoms with E-state index in [9.17, 15) is 4.79 Å². The third-order valence-corrected chi connectivity index (χ3v) is 0.805. The average molecular weight is 328 g/mol. The molecule has 0 saturated heterocycles. The maximum absolute atomic E-state index is 9.86. The predicted molar refractivity (Wildman–Crippen MR) is 35.8 cm³/mol. The molecule has 0 aliphatic rings. The summed E-state index contributed by atoms with van der Waals surface area (Å²) >= 11 is 0. The van der Waals surface area contributed by atoms with E-state index in [1.165, 1.54) is 6.92 Å². The number of rotatable bonds is 2. The Kier molecular flexibility index (Phi) is 6.85. The first-order valence-corrected chi connectivity index (χ1v) is 2.22. The van der Waals surface area contributed by atoms with Gasteiger partial charge in [-0.1, -0.05) is 0 Å². The van der Waals surface area contributed by atoms with Gasteiger partial charge in [-0.15, -0.1) is 0 Å². The Labute approximate surface area is 73.2 Å². The van der Waals surface area contributed by atoms with Crippen molar-refractivity contribution in [2.24, 2.45) is 5.73 Å². The minimum atomic E-state index is -1.18. The van der Waals surface area contributed by atoms with Gasteiger partial charge in [0.05, 0.1) is 6.10 Å². The van der Waals surface area contributed by atoms with Crippen molar-refractivity contribution in [3.63, 3.8) is 0 Å². The Morgan fingerprint density at radius 1 is 1.67 bits per heavy atom. The summed E-state index contributed by atoms with van der Waals surface area (Å²) in [6.45, 7) is 1.33. The number of carboxylic acid groups (broad SMARTS) is 1. The fourth-order valence-electron chi connectivity index (χ4n) is 0.206. The van der Waals surface area contributed by atoms with Gasteiger partial charge in [-0.05, 0) is 6.92 Å². The van der Waals surface area contributed by atoms with Crippen LogP contribution in [-0.4, -0.2) is 55.6 Å². The summed E-state index contributed by atoms with van der Waals surface area (Å²) < 4.78 is 0. The van der Waals surface area contributed by atoms with E-state index in [1.54, 1.807) is 0 Å². The molecule has 0 aromatic rings. The standard InChI is InChI=1S/C4H9NO3.Pb.2H/c1-2(6)3(5)4(7)8;;;/h2-3,6H,5H2,1H3,(H,7,8);;;/t2-,3+;;;/m1.../s1. The van der Waals surface area contributed by atoms with Crippen molar-refractivity contribution in [2.75, 3.05) is 0 Å². The van der Waals surface area contributed by atoms with E-state index < -0.39 is 18.1 Å². The minimum absolute atomic E-state index is 0. The second kappa shape index (κ2) is 5.13. The van der Waals surface area contributed by atoms with Gasteiger partial charge >= 0.3 is 33.3 Å². The quantitative estimate of drug-likeness (QED) is 0.506. The molecule has 0 unspecified atom stereocenters. The number of carboxylic acids is 1. The van der Waals surface area contributed by atoms with Crippen LogP contribution in [0.1, 0.15) is 6.92 Å². The second-order valence-corrected chi connectivity index (χ2v) is 1.60. The molecular formula is C4H11NO3Pb. The summed E-state index contributed by atoms with van der Waals surface area (Å²) in [7, 11) is 0. The summed E-state index contributed by atoms with van der Waals surface area (Å²) in [5.74, 6) is -1.18. The van der Waals surface area contributed by atoms with Crippen molar-refractivity contribution in [1.82, 2.24) is 0 Å².